The van der Waals surface area contributed by atoms with Crippen LogP contribution in [0.2, 0.25) is 5.02 Å². The Morgan fingerprint density at radius 1 is 1.53 bits per heavy atom. The Balaban J connectivity index is 2.51. The molecule has 1 aliphatic rings. The molecule has 1 atom stereocenters. The molecule has 0 aromatic heterocycles. The monoisotopic (exact) mass is 224 g/mol. The number of benzene rings is 1. The van der Waals surface area contributed by atoms with Crippen LogP contribution in [-0.2, 0) is 4.79 Å². The summed E-state index contributed by atoms with van der Waals surface area (Å²) in [5.74, 6) is -0.0452. The van der Waals surface area contributed by atoms with Gasteiger partial charge in [0.2, 0.25) is 5.91 Å². The van der Waals surface area contributed by atoms with Crippen LogP contribution in [0.3, 0.4) is 0 Å². The van der Waals surface area contributed by atoms with Gasteiger partial charge in [0.1, 0.15) is 0 Å². The second kappa shape index (κ2) is 3.83. The van der Waals surface area contributed by atoms with Crippen LogP contribution >= 0.6 is 11.6 Å². The molecule has 0 radical (unpaired) electrons. The molecule has 1 N–H and O–H groups in total. The number of hydrogen-bond donors (Lipinski definition) is 1. The summed E-state index contributed by atoms with van der Waals surface area (Å²) in [6, 6.07) is 5.62. The van der Waals surface area contributed by atoms with Gasteiger partial charge in [0.25, 0.3) is 0 Å². The van der Waals surface area contributed by atoms with E-state index in [9.17, 15) is 4.79 Å². The first-order chi connectivity index (χ1) is 7.16. The van der Waals surface area contributed by atoms with Crippen LogP contribution in [0.25, 0.3) is 0 Å². The van der Waals surface area contributed by atoms with Crippen molar-refractivity contribution in [3.8, 4) is 0 Å². The average Bonchev–Trinajstić information content (AvgIpc) is 2.46. The molecule has 0 bridgehead atoms. The van der Waals surface area contributed by atoms with Gasteiger partial charge in [0, 0.05) is 29.9 Å². The number of nitrogens with one attached hydrogen (secondary N) is 1. The topological polar surface area (TPSA) is 32.3 Å². The minimum Gasteiger partial charge on any atom is -0.319 e. The van der Waals surface area contributed by atoms with Gasteiger partial charge in [-0.05, 0) is 19.2 Å². The Labute approximate surface area is 94.0 Å². The van der Waals surface area contributed by atoms with E-state index in [4.69, 9.17) is 11.6 Å². The van der Waals surface area contributed by atoms with Gasteiger partial charge in [-0.1, -0.05) is 17.7 Å². The lowest BCUT2D eigenvalue weighted by Gasteiger charge is -2.10. The molecule has 0 fully saturated rings. The third-order valence-corrected chi connectivity index (χ3v) is 3.11. The summed E-state index contributed by atoms with van der Waals surface area (Å²) < 4.78 is 0. The normalized spacial score (nSPS) is 19.5. The van der Waals surface area contributed by atoms with Crippen LogP contribution in [0.15, 0.2) is 18.2 Å². The predicted octanol–water partition coefficient (Wildman–Crippen LogP) is 1.62. The molecule has 2 rings (SSSR count). The second-order valence-electron chi connectivity index (χ2n) is 3.68. The first kappa shape index (κ1) is 10.5. The van der Waals surface area contributed by atoms with Crippen molar-refractivity contribution in [3.63, 3.8) is 0 Å². The lowest BCUT2D eigenvalue weighted by molar-refractivity contribution is -0.118. The smallest absolute Gasteiger partial charge is 0.235 e. The Morgan fingerprint density at radius 2 is 2.27 bits per heavy atom. The average molecular weight is 225 g/mol. The fraction of sp³-hybridized carbons (Fsp3) is 0.364. The van der Waals surface area contributed by atoms with Gasteiger partial charge in [-0.3, -0.25) is 4.79 Å². The van der Waals surface area contributed by atoms with E-state index in [0.29, 0.717) is 11.6 Å². The van der Waals surface area contributed by atoms with Crippen molar-refractivity contribution >= 4 is 23.2 Å². The number of carbonyl (C=O) groups excluding carboxylic acids is 1. The van der Waals surface area contributed by atoms with Crippen LogP contribution in [-0.4, -0.2) is 26.5 Å². The van der Waals surface area contributed by atoms with Gasteiger partial charge >= 0.3 is 0 Å². The standard InChI is InChI=1S/C11H13ClN2O/c1-13-6-7-10-8(12)4-3-5-9(10)14(2)11(7)15/h3-5,7,13H,6H2,1-2H3. The third-order valence-electron chi connectivity index (χ3n) is 2.78. The number of anilines is 1. The molecule has 0 spiro atoms. The number of halogens is 1. The van der Waals surface area contributed by atoms with Crippen molar-refractivity contribution in [1.29, 1.82) is 0 Å². The van der Waals surface area contributed by atoms with E-state index >= 15 is 0 Å². The van der Waals surface area contributed by atoms with Crippen molar-refractivity contribution in [3.05, 3.63) is 28.8 Å². The summed E-state index contributed by atoms with van der Waals surface area (Å²) in [7, 11) is 3.62. The maximum absolute atomic E-state index is 11.9. The van der Waals surface area contributed by atoms with Crippen molar-refractivity contribution in [2.75, 3.05) is 25.5 Å². The molecule has 15 heavy (non-hydrogen) atoms. The van der Waals surface area contributed by atoms with E-state index in [1.54, 1.807) is 11.9 Å². The molecule has 1 aromatic carbocycles. The van der Waals surface area contributed by atoms with Gasteiger partial charge in [0.15, 0.2) is 0 Å². The van der Waals surface area contributed by atoms with E-state index in [2.05, 4.69) is 5.32 Å². The Bertz CT molecular complexity index is 406. The van der Waals surface area contributed by atoms with Gasteiger partial charge < -0.3 is 10.2 Å². The highest BCUT2D eigenvalue weighted by molar-refractivity contribution is 6.32. The van der Waals surface area contributed by atoms with Crippen molar-refractivity contribution in [2.45, 2.75) is 5.92 Å². The zero-order valence-electron chi connectivity index (χ0n) is 8.75. The molecule has 3 nitrogen and oxygen atoms in total. The van der Waals surface area contributed by atoms with Crippen LogP contribution < -0.4 is 10.2 Å². The first-order valence-electron chi connectivity index (χ1n) is 4.87. The van der Waals surface area contributed by atoms with Crippen molar-refractivity contribution < 1.29 is 4.79 Å². The van der Waals surface area contributed by atoms with Gasteiger partial charge in [-0.25, -0.2) is 0 Å². The lowest BCUT2D eigenvalue weighted by Crippen LogP contribution is -2.29. The highest BCUT2D eigenvalue weighted by Crippen LogP contribution is 2.40. The number of carbonyl (C=O) groups is 1. The maximum Gasteiger partial charge on any atom is 0.235 e. The number of hydrogen-bond acceptors (Lipinski definition) is 2. The molecule has 0 saturated heterocycles. The molecular formula is C11H13ClN2O. The highest BCUT2D eigenvalue weighted by Gasteiger charge is 2.35. The molecule has 1 amide bonds. The SMILES string of the molecule is CNCC1C(=O)N(C)c2cccc(Cl)c21. The fourth-order valence-corrected chi connectivity index (χ4v) is 2.33. The number of rotatable bonds is 2. The van der Waals surface area contributed by atoms with Crippen molar-refractivity contribution in [1.82, 2.24) is 5.32 Å². The molecule has 80 valence electrons. The van der Waals surface area contributed by atoms with Crippen LogP contribution in [0.4, 0.5) is 5.69 Å². The Hall–Kier alpha value is -1.06. The summed E-state index contributed by atoms with van der Waals surface area (Å²) in [6.45, 7) is 0.625. The third kappa shape index (κ3) is 1.52. The van der Waals surface area contributed by atoms with Gasteiger partial charge in [-0.15, -0.1) is 0 Å². The van der Waals surface area contributed by atoms with Crippen molar-refractivity contribution in [2.24, 2.45) is 0 Å². The minimum atomic E-state index is -0.149. The Morgan fingerprint density at radius 3 is 2.93 bits per heavy atom. The molecule has 1 heterocycles. The summed E-state index contributed by atoms with van der Waals surface area (Å²) in [5, 5.41) is 3.69. The number of likely N-dealkylation sites (N-methyl/N-ethyl adjacent to an activating group) is 2. The minimum absolute atomic E-state index is 0.104. The Kier molecular flexibility index (Phi) is 2.67. The molecule has 1 unspecified atom stereocenters. The lowest BCUT2D eigenvalue weighted by atomic mass is 10.0. The van der Waals surface area contributed by atoms with E-state index in [0.717, 1.165) is 11.3 Å². The molecular weight excluding hydrogens is 212 g/mol. The van der Waals surface area contributed by atoms with E-state index < -0.39 is 0 Å². The van der Waals surface area contributed by atoms with Crippen LogP contribution in [0.5, 0.6) is 0 Å². The molecule has 1 aromatic rings. The van der Waals surface area contributed by atoms with Crippen LogP contribution in [0.1, 0.15) is 11.5 Å². The van der Waals surface area contributed by atoms with Gasteiger partial charge in [0.05, 0.1) is 5.92 Å². The van der Waals surface area contributed by atoms with E-state index in [-0.39, 0.29) is 11.8 Å². The molecule has 4 heteroatoms. The molecule has 1 aliphatic heterocycles. The zero-order valence-corrected chi connectivity index (χ0v) is 9.51. The zero-order chi connectivity index (χ0) is 11.0. The largest absolute Gasteiger partial charge is 0.319 e. The quantitative estimate of drug-likeness (QED) is 0.828. The summed E-state index contributed by atoms with van der Waals surface area (Å²) in [5.41, 5.74) is 1.87. The number of fused-ring (bicyclic) bond motifs is 1. The van der Waals surface area contributed by atoms with Gasteiger partial charge in [-0.2, -0.15) is 0 Å². The first-order valence-corrected chi connectivity index (χ1v) is 5.25. The summed E-state index contributed by atoms with van der Waals surface area (Å²) in [4.78, 5) is 13.6. The highest BCUT2D eigenvalue weighted by atomic mass is 35.5. The van der Waals surface area contributed by atoms with E-state index in [1.807, 2.05) is 25.2 Å². The summed E-state index contributed by atoms with van der Waals surface area (Å²) in [6.07, 6.45) is 0. The number of nitrogens with zero attached hydrogens (tertiary/aromatic N) is 1. The number of amides is 1. The van der Waals surface area contributed by atoms with Crippen LogP contribution in [0, 0.1) is 0 Å². The second-order valence-corrected chi connectivity index (χ2v) is 4.09. The van der Waals surface area contributed by atoms with E-state index in [1.165, 1.54) is 0 Å². The molecule has 0 saturated carbocycles. The summed E-state index contributed by atoms with van der Waals surface area (Å²) >= 11 is 6.12. The predicted molar refractivity (Wildman–Crippen MR) is 61.5 cm³/mol. The maximum atomic E-state index is 11.9. The fourth-order valence-electron chi connectivity index (χ4n) is 2.03. The molecule has 0 aliphatic carbocycles.